The summed E-state index contributed by atoms with van der Waals surface area (Å²) in [7, 11) is -3.97. The average Bonchev–Trinajstić information content (AvgIpc) is 3.15. The second kappa shape index (κ2) is 8.32. The first kappa shape index (κ1) is 20.8. The molecule has 2 aromatic carbocycles. The monoisotopic (exact) mass is 441 g/mol. The van der Waals surface area contributed by atoms with Gasteiger partial charge in [0.05, 0.1) is 21.8 Å². The molecular formula is C21H20FN5O3S. The molecule has 0 fully saturated rings. The third-order valence-corrected chi connectivity index (χ3v) is 5.81. The molecule has 0 saturated carbocycles. The SMILES string of the molecule is CC(N)Oc1ccc(S(=O)(=O)Nc2cc(CF)nn2-c2cccc3ncccc23)cc1. The smallest absolute Gasteiger partial charge is 0.263 e. The van der Waals surface area contributed by atoms with Crippen molar-refractivity contribution in [2.45, 2.75) is 24.7 Å². The summed E-state index contributed by atoms with van der Waals surface area (Å²) in [6, 6.07) is 16.2. The molecule has 0 bridgehead atoms. The van der Waals surface area contributed by atoms with E-state index in [1.54, 1.807) is 31.3 Å². The number of nitrogens with one attached hydrogen (secondary N) is 1. The van der Waals surface area contributed by atoms with Gasteiger partial charge in [-0.05, 0) is 55.5 Å². The van der Waals surface area contributed by atoms with Crippen molar-refractivity contribution in [1.29, 1.82) is 0 Å². The molecule has 0 saturated heterocycles. The highest BCUT2D eigenvalue weighted by molar-refractivity contribution is 7.92. The molecule has 10 heteroatoms. The van der Waals surface area contributed by atoms with Crippen LogP contribution in [-0.4, -0.2) is 29.4 Å². The van der Waals surface area contributed by atoms with Crippen LogP contribution >= 0.6 is 0 Å². The lowest BCUT2D eigenvalue weighted by Gasteiger charge is -2.13. The summed E-state index contributed by atoms with van der Waals surface area (Å²) < 4.78 is 48.5. The summed E-state index contributed by atoms with van der Waals surface area (Å²) >= 11 is 0. The highest BCUT2D eigenvalue weighted by atomic mass is 32.2. The number of alkyl halides is 1. The zero-order valence-electron chi connectivity index (χ0n) is 16.6. The van der Waals surface area contributed by atoms with Crippen LogP contribution in [0.2, 0.25) is 0 Å². The van der Waals surface area contributed by atoms with E-state index in [4.69, 9.17) is 10.5 Å². The van der Waals surface area contributed by atoms with E-state index in [-0.39, 0.29) is 16.4 Å². The molecule has 1 atom stereocenters. The third-order valence-electron chi connectivity index (χ3n) is 4.44. The molecule has 4 aromatic rings. The predicted octanol–water partition coefficient (Wildman–Crippen LogP) is 3.37. The summed E-state index contributed by atoms with van der Waals surface area (Å²) in [4.78, 5) is 4.31. The molecule has 0 aliphatic heterocycles. The molecule has 0 spiro atoms. The predicted molar refractivity (Wildman–Crippen MR) is 115 cm³/mol. The summed E-state index contributed by atoms with van der Waals surface area (Å²) in [6.07, 6.45) is 1.13. The molecule has 0 amide bonds. The molecule has 8 nitrogen and oxygen atoms in total. The zero-order chi connectivity index (χ0) is 22.0. The molecule has 2 aromatic heterocycles. The van der Waals surface area contributed by atoms with Gasteiger partial charge in [0, 0.05) is 17.6 Å². The largest absolute Gasteiger partial charge is 0.476 e. The van der Waals surface area contributed by atoms with Gasteiger partial charge in [-0.2, -0.15) is 5.10 Å². The number of nitrogens with zero attached hydrogens (tertiary/aromatic N) is 3. The van der Waals surface area contributed by atoms with Gasteiger partial charge in [0.1, 0.15) is 24.5 Å². The molecule has 2 heterocycles. The Balaban J connectivity index is 1.73. The molecule has 3 N–H and O–H groups in total. The lowest BCUT2D eigenvalue weighted by molar-refractivity contribution is 0.230. The van der Waals surface area contributed by atoms with Gasteiger partial charge < -0.3 is 4.74 Å². The first-order valence-electron chi connectivity index (χ1n) is 9.41. The normalized spacial score (nSPS) is 12.6. The number of anilines is 1. The van der Waals surface area contributed by atoms with E-state index in [2.05, 4.69) is 14.8 Å². The van der Waals surface area contributed by atoms with E-state index in [1.807, 2.05) is 12.1 Å². The summed E-state index contributed by atoms with van der Waals surface area (Å²) in [5, 5.41) is 4.97. The van der Waals surface area contributed by atoms with Gasteiger partial charge in [-0.15, -0.1) is 0 Å². The number of hydrogen-bond donors (Lipinski definition) is 2. The summed E-state index contributed by atoms with van der Waals surface area (Å²) in [6.45, 7) is 0.826. The Bertz CT molecular complexity index is 1320. The fourth-order valence-electron chi connectivity index (χ4n) is 3.13. The number of pyridine rings is 1. The van der Waals surface area contributed by atoms with E-state index in [0.717, 1.165) is 5.39 Å². The third kappa shape index (κ3) is 4.35. The maximum Gasteiger partial charge on any atom is 0.263 e. The first-order valence-corrected chi connectivity index (χ1v) is 10.9. The van der Waals surface area contributed by atoms with Crippen LogP contribution in [0, 0.1) is 0 Å². The van der Waals surface area contributed by atoms with Crippen molar-refractivity contribution in [3.8, 4) is 11.4 Å². The Labute approximate surface area is 178 Å². The number of nitrogens with two attached hydrogens (primary N) is 1. The molecule has 0 aliphatic rings. The van der Waals surface area contributed by atoms with E-state index in [0.29, 0.717) is 17.0 Å². The molecule has 0 aliphatic carbocycles. The van der Waals surface area contributed by atoms with Crippen LogP contribution in [0.4, 0.5) is 10.2 Å². The number of ether oxygens (including phenoxy) is 1. The minimum absolute atomic E-state index is 0.0126. The fourth-order valence-corrected chi connectivity index (χ4v) is 4.17. The van der Waals surface area contributed by atoms with Gasteiger partial charge in [-0.25, -0.2) is 17.5 Å². The number of benzene rings is 2. The van der Waals surface area contributed by atoms with Gasteiger partial charge >= 0.3 is 0 Å². The van der Waals surface area contributed by atoms with Crippen LogP contribution in [0.1, 0.15) is 12.6 Å². The van der Waals surface area contributed by atoms with Crippen molar-refractivity contribution >= 4 is 26.7 Å². The van der Waals surface area contributed by atoms with Crippen LogP contribution in [0.3, 0.4) is 0 Å². The topological polar surface area (TPSA) is 112 Å². The zero-order valence-corrected chi connectivity index (χ0v) is 17.4. The lowest BCUT2D eigenvalue weighted by atomic mass is 10.2. The number of rotatable bonds is 7. The van der Waals surface area contributed by atoms with Crippen LogP contribution in [0.15, 0.2) is 71.8 Å². The standard InChI is InChI=1S/C21H20FN5O3S/c1-14(23)30-16-7-9-17(10-8-16)31(28,29)26-21-12-15(13-22)25-27(21)20-6-2-5-19-18(20)4-3-11-24-19/h2-12,14,26H,13,23H2,1H3. The lowest BCUT2D eigenvalue weighted by Crippen LogP contribution is -2.22. The maximum atomic E-state index is 13.4. The Morgan fingerprint density at radius 2 is 1.94 bits per heavy atom. The first-order chi connectivity index (χ1) is 14.9. The van der Waals surface area contributed by atoms with Crippen LogP contribution in [0.5, 0.6) is 5.75 Å². The van der Waals surface area contributed by atoms with E-state index >= 15 is 0 Å². The molecule has 160 valence electrons. The highest BCUT2D eigenvalue weighted by Crippen LogP contribution is 2.27. The second-order valence-corrected chi connectivity index (χ2v) is 8.50. The van der Waals surface area contributed by atoms with Gasteiger partial charge in [-0.3, -0.25) is 15.4 Å². The Morgan fingerprint density at radius 3 is 2.65 bits per heavy atom. The Hall–Kier alpha value is -3.50. The summed E-state index contributed by atoms with van der Waals surface area (Å²) in [5.74, 6) is 0.557. The second-order valence-electron chi connectivity index (χ2n) is 6.81. The molecule has 1 unspecified atom stereocenters. The molecule has 31 heavy (non-hydrogen) atoms. The number of fused-ring (bicyclic) bond motifs is 1. The van der Waals surface area contributed by atoms with Crippen molar-refractivity contribution in [3.05, 3.63) is 72.6 Å². The quantitative estimate of drug-likeness (QED) is 0.425. The van der Waals surface area contributed by atoms with E-state index in [1.165, 1.54) is 35.0 Å². The maximum absolute atomic E-state index is 13.4. The number of aromatic nitrogens is 3. The molecule has 0 radical (unpaired) electrons. The Kier molecular flexibility index (Phi) is 5.57. The van der Waals surface area contributed by atoms with Crippen molar-refractivity contribution in [2.75, 3.05) is 4.72 Å². The number of hydrogen-bond acceptors (Lipinski definition) is 6. The van der Waals surface area contributed by atoms with Crippen molar-refractivity contribution < 1.29 is 17.5 Å². The Morgan fingerprint density at radius 1 is 1.16 bits per heavy atom. The van der Waals surface area contributed by atoms with Gasteiger partial charge in [-0.1, -0.05) is 6.07 Å². The highest BCUT2D eigenvalue weighted by Gasteiger charge is 2.20. The minimum Gasteiger partial charge on any atom is -0.476 e. The van der Waals surface area contributed by atoms with Crippen LogP contribution in [-0.2, 0) is 16.7 Å². The van der Waals surface area contributed by atoms with Crippen LogP contribution in [0.25, 0.3) is 16.6 Å². The number of sulfonamides is 1. The van der Waals surface area contributed by atoms with Crippen LogP contribution < -0.4 is 15.2 Å². The summed E-state index contributed by atoms with van der Waals surface area (Å²) in [5.41, 5.74) is 6.95. The molecular weight excluding hydrogens is 421 g/mol. The molecule has 4 rings (SSSR count). The fraction of sp³-hybridized carbons (Fsp3) is 0.143. The van der Waals surface area contributed by atoms with Gasteiger partial charge in [0.15, 0.2) is 0 Å². The number of halogens is 1. The van der Waals surface area contributed by atoms with Crippen molar-refractivity contribution in [1.82, 2.24) is 14.8 Å². The van der Waals surface area contributed by atoms with Gasteiger partial charge in [0.25, 0.3) is 10.0 Å². The van der Waals surface area contributed by atoms with Gasteiger partial charge in [0.2, 0.25) is 0 Å². The van der Waals surface area contributed by atoms with E-state index < -0.39 is 22.9 Å². The van der Waals surface area contributed by atoms with E-state index in [9.17, 15) is 12.8 Å². The van der Waals surface area contributed by atoms with Crippen molar-refractivity contribution in [3.63, 3.8) is 0 Å². The average molecular weight is 441 g/mol. The van der Waals surface area contributed by atoms with Crippen molar-refractivity contribution in [2.24, 2.45) is 5.73 Å². The minimum atomic E-state index is -3.97.